The van der Waals surface area contributed by atoms with E-state index in [1.54, 1.807) is 0 Å². The van der Waals surface area contributed by atoms with Gasteiger partial charge in [0, 0.05) is 31.1 Å². The third-order valence-electron chi connectivity index (χ3n) is 10.4. The van der Waals surface area contributed by atoms with Gasteiger partial charge >= 0.3 is 0 Å². The first-order valence-electron chi connectivity index (χ1n) is 14.3. The number of carbonyl (C=O) groups is 1. The van der Waals surface area contributed by atoms with Gasteiger partial charge in [0.2, 0.25) is 0 Å². The topological polar surface area (TPSA) is 55.2 Å². The lowest BCUT2D eigenvalue weighted by molar-refractivity contribution is -0.0542. The number of hydrogen-bond acceptors (Lipinski definition) is 4. The standard InChI is InChI=1S/C30H39N3O2/c1-18(34)29-30(35)33(28-8-3-2-7-27(28)31-29)26-16-23-5-4-6-24(17-26)32(23)25-14-19-11-20(15-25)13-22(12-19)21-9-10-21/h2-3,7-8,19-26H,4-6,9-17H2,1H3/t19-,20+,22-,23-,24+,25-,26+. The summed E-state index contributed by atoms with van der Waals surface area (Å²) in [5, 5.41) is 0. The van der Waals surface area contributed by atoms with Crippen LogP contribution in [-0.2, 0) is 0 Å². The van der Waals surface area contributed by atoms with Crippen LogP contribution in [0.1, 0.15) is 101 Å². The van der Waals surface area contributed by atoms with Gasteiger partial charge in [-0.1, -0.05) is 18.6 Å². The van der Waals surface area contributed by atoms with E-state index in [1.807, 2.05) is 28.8 Å². The predicted molar refractivity (Wildman–Crippen MR) is 138 cm³/mol. The molecule has 5 fully saturated rings. The van der Waals surface area contributed by atoms with Crippen LogP contribution in [0.5, 0.6) is 0 Å². The van der Waals surface area contributed by atoms with Crippen LogP contribution in [0.4, 0.5) is 0 Å². The van der Waals surface area contributed by atoms with E-state index in [0.717, 1.165) is 53.6 Å². The lowest BCUT2D eigenvalue weighted by atomic mass is 9.64. The van der Waals surface area contributed by atoms with Crippen molar-refractivity contribution in [2.75, 3.05) is 0 Å². The molecule has 3 aliphatic carbocycles. The van der Waals surface area contributed by atoms with Gasteiger partial charge < -0.3 is 4.57 Å². The Balaban J connectivity index is 1.17. The smallest absolute Gasteiger partial charge is 0.280 e. The van der Waals surface area contributed by atoms with E-state index in [1.165, 1.54) is 71.1 Å². The number of Topliss-reactive ketones (excluding diaryl/α,β-unsaturated/α-hetero) is 1. The number of nitrogens with zero attached hydrogens (tertiary/aromatic N) is 3. The SMILES string of the molecule is CC(=O)c1nc2ccccc2n([C@H]2C[C@H]3CCC[C@@H](C2)N3[C@@H]2C[C@@H]3C[C@@H](C[C@H](C4CC4)C3)C2)c1=O. The maximum absolute atomic E-state index is 13.5. The van der Waals surface area contributed by atoms with Crippen molar-refractivity contribution in [3.8, 4) is 0 Å². The zero-order chi connectivity index (χ0) is 23.7. The van der Waals surface area contributed by atoms with Gasteiger partial charge in [-0.25, -0.2) is 4.98 Å². The molecule has 0 unspecified atom stereocenters. The Morgan fingerprint density at radius 2 is 1.49 bits per heavy atom. The summed E-state index contributed by atoms with van der Waals surface area (Å²) >= 11 is 0. The van der Waals surface area contributed by atoms with E-state index in [9.17, 15) is 9.59 Å². The summed E-state index contributed by atoms with van der Waals surface area (Å²) in [5.74, 6) is 3.76. The van der Waals surface area contributed by atoms with Crippen LogP contribution >= 0.6 is 0 Å². The highest BCUT2D eigenvalue weighted by molar-refractivity contribution is 5.93. The zero-order valence-electron chi connectivity index (χ0n) is 21.1. The van der Waals surface area contributed by atoms with Gasteiger partial charge in [-0.2, -0.15) is 0 Å². The molecule has 3 saturated carbocycles. The Labute approximate surface area is 208 Å². The Bertz CT molecular complexity index is 1170. The van der Waals surface area contributed by atoms with E-state index in [-0.39, 0.29) is 23.1 Å². The quantitative estimate of drug-likeness (QED) is 0.530. The molecular weight excluding hydrogens is 434 g/mol. The Kier molecular flexibility index (Phi) is 5.42. The number of ketones is 1. The molecule has 7 rings (SSSR count). The summed E-state index contributed by atoms with van der Waals surface area (Å²) in [4.78, 5) is 33.2. The van der Waals surface area contributed by atoms with Crippen LogP contribution in [0.15, 0.2) is 29.1 Å². The number of fused-ring (bicyclic) bond motifs is 5. The number of carbonyl (C=O) groups excluding carboxylic acids is 1. The summed E-state index contributed by atoms with van der Waals surface area (Å²) in [5.41, 5.74) is 1.56. The van der Waals surface area contributed by atoms with Crippen molar-refractivity contribution in [3.63, 3.8) is 0 Å². The van der Waals surface area contributed by atoms with Gasteiger partial charge in [-0.15, -0.1) is 0 Å². The lowest BCUT2D eigenvalue weighted by Crippen LogP contribution is -2.59. The number of aromatic nitrogens is 2. The molecule has 1 aromatic heterocycles. The minimum atomic E-state index is -0.231. The summed E-state index contributed by atoms with van der Waals surface area (Å²) in [7, 11) is 0. The summed E-state index contributed by atoms with van der Waals surface area (Å²) in [6.45, 7) is 1.47. The lowest BCUT2D eigenvalue weighted by Gasteiger charge is -2.56. The van der Waals surface area contributed by atoms with Gasteiger partial charge in [0.1, 0.15) is 0 Å². The minimum Gasteiger partial charge on any atom is -0.302 e. The highest BCUT2D eigenvalue weighted by Crippen LogP contribution is 2.53. The maximum Gasteiger partial charge on any atom is 0.280 e. The van der Waals surface area contributed by atoms with Gasteiger partial charge in [0.05, 0.1) is 11.0 Å². The first kappa shape index (κ1) is 22.2. The molecule has 186 valence electrons. The summed E-state index contributed by atoms with van der Waals surface area (Å²) in [6.07, 6.45) is 16.2. The fourth-order valence-electron chi connectivity index (χ4n) is 9.01. The predicted octanol–water partition coefficient (Wildman–Crippen LogP) is 5.76. The van der Waals surface area contributed by atoms with Crippen molar-refractivity contribution in [1.82, 2.24) is 14.5 Å². The largest absolute Gasteiger partial charge is 0.302 e. The van der Waals surface area contributed by atoms with Crippen LogP contribution in [0, 0.1) is 23.7 Å². The average Bonchev–Trinajstić information content (AvgIpc) is 3.68. The molecule has 0 radical (unpaired) electrons. The van der Waals surface area contributed by atoms with Crippen LogP contribution in [0.25, 0.3) is 11.0 Å². The fraction of sp³-hybridized carbons (Fsp3) is 0.700. The van der Waals surface area contributed by atoms with Crippen LogP contribution in [0.2, 0.25) is 0 Å². The molecule has 5 nitrogen and oxygen atoms in total. The minimum absolute atomic E-state index is 0.0987. The van der Waals surface area contributed by atoms with E-state index in [2.05, 4.69) is 9.88 Å². The fourth-order valence-corrected chi connectivity index (χ4v) is 9.01. The third kappa shape index (κ3) is 3.89. The second-order valence-corrected chi connectivity index (χ2v) is 12.7. The zero-order valence-corrected chi connectivity index (χ0v) is 21.1. The normalized spacial score (nSPS) is 37.3. The van der Waals surface area contributed by atoms with E-state index in [4.69, 9.17) is 0 Å². The first-order valence-corrected chi connectivity index (χ1v) is 14.3. The highest BCUT2D eigenvalue weighted by Gasteiger charge is 2.47. The third-order valence-corrected chi connectivity index (χ3v) is 10.4. The molecule has 4 bridgehead atoms. The van der Waals surface area contributed by atoms with Gasteiger partial charge in [-0.3, -0.25) is 14.5 Å². The molecule has 0 amide bonds. The van der Waals surface area contributed by atoms with Crippen molar-refractivity contribution >= 4 is 16.8 Å². The molecule has 3 heterocycles. The molecule has 5 heteroatoms. The number of benzene rings is 1. The van der Waals surface area contributed by atoms with Crippen molar-refractivity contribution in [1.29, 1.82) is 0 Å². The maximum atomic E-state index is 13.5. The molecule has 2 aromatic rings. The number of para-hydroxylation sites is 2. The Hall–Kier alpha value is -2.01. The monoisotopic (exact) mass is 473 g/mol. The van der Waals surface area contributed by atoms with Gasteiger partial charge in [-0.05, 0) is 106 Å². The van der Waals surface area contributed by atoms with Crippen molar-refractivity contribution in [2.24, 2.45) is 23.7 Å². The van der Waals surface area contributed by atoms with Crippen molar-refractivity contribution in [3.05, 3.63) is 40.3 Å². The molecule has 0 spiro atoms. The second-order valence-electron chi connectivity index (χ2n) is 12.7. The van der Waals surface area contributed by atoms with Crippen molar-refractivity contribution < 1.29 is 4.79 Å². The van der Waals surface area contributed by atoms with E-state index in [0.29, 0.717) is 12.1 Å². The number of piperidine rings is 2. The van der Waals surface area contributed by atoms with E-state index >= 15 is 0 Å². The van der Waals surface area contributed by atoms with E-state index < -0.39 is 0 Å². The first-order chi connectivity index (χ1) is 17.0. The molecule has 2 saturated heterocycles. The second kappa shape index (κ2) is 8.54. The van der Waals surface area contributed by atoms with Crippen LogP contribution < -0.4 is 5.56 Å². The van der Waals surface area contributed by atoms with Crippen LogP contribution in [0.3, 0.4) is 0 Å². The average molecular weight is 474 g/mol. The molecule has 5 aliphatic rings. The summed E-state index contributed by atoms with van der Waals surface area (Å²) in [6, 6.07) is 9.90. The molecule has 7 atom stereocenters. The molecule has 2 aliphatic heterocycles. The highest BCUT2D eigenvalue weighted by atomic mass is 16.1. The van der Waals surface area contributed by atoms with Gasteiger partial charge in [0.15, 0.2) is 11.5 Å². The van der Waals surface area contributed by atoms with Crippen molar-refractivity contribution in [2.45, 2.75) is 108 Å². The van der Waals surface area contributed by atoms with Crippen LogP contribution in [-0.4, -0.2) is 38.4 Å². The molecule has 35 heavy (non-hydrogen) atoms. The Morgan fingerprint density at radius 3 is 2.14 bits per heavy atom. The summed E-state index contributed by atoms with van der Waals surface area (Å²) < 4.78 is 1.96. The molecule has 0 N–H and O–H groups in total. The van der Waals surface area contributed by atoms with Gasteiger partial charge in [0.25, 0.3) is 5.56 Å². The number of rotatable bonds is 4. The number of hydrogen-bond donors (Lipinski definition) is 0. The Morgan fingerprint density at radius 1 is 0.800 bits per heavy atom. The molecule has 1 aromatic carbocycles. The molecular formula is C30H39N3O2.